The van der Waals surface area contributed by atoms with Crippen molar-refractivity contribution in [3.05, 3.63) is 41.2 Å². The average Bonchev–Trinajstić information content (AvgIpc) is 2.64. The number of benzene rings is 1. The van der Waals surface area contributed by atoms with Crippen LogP contribution in [0.4, 0.5) is 13.2 Å². The third-order valence-corrected chi connectivity index (χ3v) is 2.22. The number of alkyl halides is 3. The lowest BCUT2D eigenvalue weighted by atomic mass is 10.1. The summed E-state index contributed by atoms with van der Waals surface area (Å²) < 4.78 is 38.0. The van der Waals surface area contributed by atoms with E-state index in [1.54, 1.807) is 0 Å². The lowest BCUT2D eigenvalue weighted by Gasteiger charge is -2.10. The highest BCUT2D eigenvalue weighted by atomic mass is 35.5. The van der Waals surface area contributed by atoms with Gasteiger partial charge in [0.25, 0.3) is 0 Å². The molecule has 1 aromatic heterocycles. The van der Waals surface area contributed by atoms with Crippen LogP contribution in [0.5, 0.6) is 0 Å². The molecule has 0 aliphatic heterocycles. The summed E-state index contributed by atoms with van der Waals surface area (Å²) in [6, 6.07) is 5.20. The zero-order valence-electron chi connectivity index (χ0n) is 7.85. The van der Waals surface area contributed by atoms with Crippen molar-refractivity contribution in [3.8, 4) is 11.4 Å². The Bertz CT molecular complexity index is 505. The maximum Gasteiger partial charge on any atom is 0.417 e. The summed E-state index contributed by atoms with van der Waals surface area (Å²) in [6.45, 7) is 0. The lowest BCUT2D eigenvalue weighted by molar-refractivity contribution is -0.137. The first-order valence-corrected chi connectivity index (χ1v) is 4.73. The highest BCUT2D eigenvalue weighted by molar-refractivity contribution is 6.29. The summed E-state index contributed by atoms with van der Waals surface area (Å²) in [5, 5.41) is 0.201. The average molecular weight is 247 g/mol. The molecule has 0 radical (unpaired) electrons. The minimum absolute atomic E-state index is 0.0121. The number of H-pyrrole nitrogens is 1. The highest BCUT2D eigenvalue weighted by Gasteiger charge is 2.33. The third kappa shape index (κ3) is 2.04. The molecule has 0 saturated carbocycles. The molecule has 2 rings (SSSR count). The number of hydrogen-bond acceptors (Lipinski definition) is 1. The molecule has 1 aromatic carbocycles. The summed E-state index contributed by atoms with van der Waals surface area (Å²) >= 11 is 5.58. The van der Waals surface area contributed by atoms with Crippen LogP contribution in [0.15, 0.2) is 30.5 Å². The van der Waals surface area contributed by atoms with Gasteiger partial charge in [0, 0.05) is 5.56 Å². The van der Waals surface area contributed by atoms with Gasteiger partial charge in [-0.2, -0.15) is 13.2 Å². The third-order valence-electron chi connectivity index (χ3n) is 2.03. The summed E-state index contributed by atoms with van der Waals surface area (Å²) in [5.74, 6) is 0.109. The van der Waals surface area contributed by atoms with Crippen LogP contribution in [0.25, 0.3) is 11.4 Å². The van der Waals surface area contributed by atoms with E-state index in [0.29, 0.717) is 0 Å². The molecule has 0 aliphatic rings. The van der Waals surface area contributed by atoms with E-state index in [0.717, 1.165) is 6.07 Å². The summed E-state index contributed by atoms with van der Waals surface area (Å²) in [6.07, 6.45) is -3.14. The minimum atomic E-state index is -4.41. The topological polar surface area (TPSA) is 28.7 Å². The van der Waals surface area contributed by atoms with Gasteiger partial charge in [-0.05, 0) is 6.07 Å². The number of nitrogens with one attached hydrogen (secondary N) is 1. The van der Waals surface area contributed by atoms with Crippen molar-refractivity contribution in [2.24, 2.45) is 0 Å². The molecule has 1 N–H and O–H groups in total. The van der Waals surface area contributed by atoms with Crippen molar-refractivity contribution in [2.75, 3.05) is 0 Å². The molecule has 0 fully saturated rings. The molecule has 0 unspecified atom stereocenters. The van der Waals surface area contributed by atoms with Crippen LogP contribution in [0.3, 0.4) is 0 Å². The van der Waals surface area contributed by atoms with E-state index < -0.39 is 11.7 Å². The second kappa shape index (κ2) is 3.83. The SMILES string of the molecule is FC(F)(F)c1ccccc1-c1ncc(Cl)[nH]1. The highest BCUT2D eigenvalue weighted by Crippen LogP contribution is 2.35. The van der Waals surface area contributed by atoms with Crippen molar-refractivity contribution >= 4 is 11.6 Å². The number of imidazole rings is 1. The molecule has 0 spiro atoms. The molecule has 0 aliphatic carbocycles. The Balaban J connectivity index is 2.57. The fraction of sp³-hybridized carbons (Fsp3) is 0.100. The number of rotatable bonds is 1. The summed E-state index contributed by atoms with van der Waals surface area (Å²) in [4.78, 5) is 6.33. The van der Waals surface area contributed by atoms with Crippen molar-refractivity contribution in [1.29, 1.82) is 0 Å². The largest absolute Gasteiger partial charge is 0.417 e. The second-order valence-corrected chi connectivity index (χ2v) is 3.53. The van der Waals surface area contributed by atoms with Gasteiger partial charge in [-0.25, -0.2) is 4.98 Å². The standard InChI is InChI=1S/C10H6ClF3N2/c11-8-5-15-9(16-8)6-3-1-2-4-7(6)10(12,13)14/h1-5H,(H,15,16). The van der Waals surface area contributed by atoms with Crippen LogP contribution in [0.1, 0.15) is 5.56 Å². The molecule has 84 valence electrons. The summed E-state index contributed by atoms with van der Waals surface area (Å²) in [5.41, 5.74) is -0.747. The van der Waals surface area contributed by atoms with Crippen LogP contribution in [-0.4, -0.2) is 9.97 Å². The van der Waals surface area contributed by atoms with Gasteiger partial charge in [0.05, 0.1) is 11.8 Å². The normalized spacial score (nSPS) is 11.8. The van der Waals surface area contributed by atoms with Crippen molar-refractivity contribution in [2.45, 2.75) is 6.18 Å². The Morgan fingerprint density at radius 1 is 1.19 bits per heavy atom. The molecule has 2 nitrogen and oxygen atoms in total. The zero-order valence-corrected chi connectivity index (χ0v) is 8.60. The maximum atomic E-state index is 12.7. The fourth-order valence-electron chi connectivity index (χ4n) is 1.37. The molecular formula is C10H6ClF3N2. The van der Waals surface area contributed by atoms with E-state index in [1.165, 1.54) is 24.4 Å². The van der Waals surface area contributed by atoms with Gasteiger partial charge in [-0.1, -0.05) is 29.8 Å². The molecule has 16 heavy (non-hydrogen) atoms. The lowest BCUT2D eigenvalue weighted by Crippen LogP contribution is -2.07. The minimum Gasteiger partial charge on any atom is -0.329 e. The van der Waals surface area contributed by atoms with Crippen LogP contribution in [-0.2, 0) is 6.18 Å². The van der Waals surface area contributed by atoms with Gasteiger partial charge in [-0.3, -0.25) is 0 Å². The van der Waals surface area contributed by atoms with Gasteiger partial charge in [0.1, 0.15) is 11.0 Å². The smallest absolute Gasteiger partial charge is 0.329 e. The number of aromatic amines is 1. The molecule has 6 heteroatoms. The monoisotopic (exact) mass is 246 g/mol. The molecule has 0 bridgehead atoms. The quantitative estimate of drug-likeness (QED) is 0.816. The number of halogens is 4. The predicted octanol–water partition coefficient (Wildman–Crippen LogP) is 3.75. The van der Waals surface area contributed by atoms with E-state index in [9.17, 15) is 13.2 Å². The van der Waals surface area contributed by atoms with Gasteiger partial charge >= 0.3 is 6.18 Å². The van der Waals surface area contributed by atoms with Gasteiger partial charge in [0.2, 0.25) is 0 Å². The van der Waals surface area contributed by atoms with E-state index >= 15 is 0 Å². The number of aromatic nitrogens is 2. The zero-order chi connectivity index (χ0) is 11.8. The van der Waals surface area contributed by atoms with E-state index in [-0.39, 0.29) is 16.5 Å². The maximum absolute atomic E-state index is 12.7. The summed E-state index contributed by atoms with van der Waals surface area (Å²) in [7, 11) is 0. The number of nitrogens with zero attached hydrogens (tertiary/aromatic N) is 1. The molecule has 0 saturated heterocycles. The van der Waals surface area contributed by atoms with Crippen LogP contribution < -0.4 is 0 Å². The molecular weight excluding hydrogens is 241 g/mol. The van der Waals surface area contributed by atoms with Crippen molar-refractivity contribution < 1.29 is 13.2 Å². The Morgan fingerprint density at radius 2 is 1.88 bits per heavy atom. The first-order valence-electron chi connectivity index (χ1n) is 4.35. The van der Waals surface area contributed by atoms with E-state index in [4.69, 9.17) is 11.6 Å². The predicted molar refractivity (Wildman–Crippen MR) is 54.0 cm³/mol. The Kier molecular flexibility index (Phi) is 2.63. The first-order chi connectivity index (χ1) is 7.48. The molecule has 0 atom stereocenters. The van der Waals surface area contributed by atoms with Gasteiger partial charge in [0.15, 0.2) is 0 Å². The van der Waals surface area contributed by atoms with Crippen LogP contribution in [0, 0.1) is 0 Å². The van der Waals surface area contributed by atoms with Crippen LogP contribution >= 0.6 is 11.6 Å². The van der Waals surface area contributed by atoms with Gasteiger partial charge in [-0.15, -0.1) is 0 Å². The Morgan fingerprint density at radius 3 is 2.44 bits per heavy atom. The second-order valence-electron chi connectivity index (χ2n) is 3.12. The first kappa shape index (κ1) is 11.0. The van der Waals surface area contributed by atoms with Gasteiger partial charge < -0.3 is 4.98 Å². The molecule has 1 heterocycles. The Hall–Kier alpha value is -1.49. The Labute approximate surface area is 94.1 Å². The number of hydrogen-bond donors (Lipinski definition) is 1. The van der Waals surface area contributed by atoms with E-state index in [1.807, 2.05) is 0 Å². The fourth-order valence-corrected chi connectivity index (χ4v) is 1.51. The van der Waals surface area contributed by atoms with Crippen LogP contribution in [0.2, 0.25) is 5.15 Å². The molecule has 0 amide bonds. The van der Waals surface area contributed by atoms with Crippen molar-refractivity contribution in [3.63, 3.8) is 0 Å². The molecule has 2 aromatic rings. The van der Waals surface area contributed by atoms with E-state index in [2.05, 4.69) is 9.97 Å². The van der Waals surface area contributed by atoms with Crippen molar-refractivity contribution in [1.82, 2.24) is 9.97 Å².